The average molecular weight is 415 g/mol. The highest BCUT2D eigenvalue weighted by Gasteiger charge is 2.10. The van der Waals surface area contributed by atoms with Gasteiger partial charge in [0, 0.05) is 34.4 Å². The second-order valence-corrected chi connectivity index (χ2v) is 6.24. The van der Waals surface area contributed by atoms with Crippen LogP contribution in [0, 0.1) is 3.57 Å². The molecule has 1 N–H and O–H groups in total. The summed E-state index contributed by atoms with van der Waals surface area (Å²) >= 11 is 8.07. The van der Waals surface area contributed by atoms with Crippen molar-refractivity contribution in [2.75, 3.05) is 25.0 Å². The summed E-state index contributed by atoms with van der Waals surface area (Å²) in [6, 6.07) is 15.4. The maximum absolute atomic E-state index is 12.1. The Morgan fingerprint density at radius 1 is 1.24 bits per heavy atom. The summed E-state index contributed by atoms with van der Waals surface area (Å²) in [5, 5.41) is 3.49. The Hall–Kier alpha value is -1.27. The number of benzene rings is 2. The van der Waals surface area contributed by atoms with E-state index in [2.05, 4.69) is 32.8 Å². The van der Waals surface area contributed by atoms with Gasteiger partial charge in [-0.05, 0) is 52.9 Å². The van der Waals surface area contributed by atoms with E-state index in [-0.39, 0.29) is 5.91 Å². The van der Waals surface area contributed by atoms with E-state index in [4.69, 9.17) is 11.6 Å². The molecule has 0 saturated carbocycles. The zero-order valence-electron chi connectivity index (χ0n) is 11.6. The Morgan fingerprint density at radius 3 is 2.67 bits per heavy atom. The highest BCUT2D eigenvalue weighted by atomic mass is 127. The molecule has 21 heavy (non-hydrogen) atoms. The highest BCUT2D eigenvalue weighted by Crippen LogP contribution is 2.17. The van der Waals surface area contributed by atoms with E-state index >= 15 is 0 Å². The number of likely N-dealkylation sites (N-methyl/N-ethyl adjacent to an activating group) is 1. The van der Waals surface area contributed by atoms with E-state index in [1.54, 1.807) is 12.1 Å². The molecule has 1 amide bonds. The van der Waals surface area contributed by atoms with Gasteiger partial charge in [-0.2, -0.15) is 0 Å². The molecule has 110 valence electrons. The van der Waals surface area contributed by atoms with Gasteiger partial charge in [0.15, 0.2) is 0 Å². The molecule has 0 unspecified atom stereocenters. The van der Waals surface area contributed by atoms with E-state index in [1.807, 2.05) is 43.4 Å². The lowest BCUT2D eigenvalue weighted by Crippen LogP contribution is -2.33. The molecule has 5 heteroatoms. The molecule has 2 rings (SSSR count). The van der Waals surface area contributed by atoms with Gasteiger partial charge in [-0.25, -0.2) is 0 Å². The molecule has 2 aromatic carbocycles. The van der Waals surface area contributed by atoms with Gasteiger partial charge in [0.25, 0.3) is 5.91 Å². The van der Waals surface area contributed by atoms with Crippen molar-refractivity contribution in [3.05, 3.63) is 62.7 Å². The van der Waals surface area contributed by atoms with Crippen LogP contribution in [0.15, 0.2) is 48.5 Å². The number of nitrogens with zero attached hydrogens (tertiary/aromatic N) is 1. The van der Waals surface area contributed by atoms with Crippen molar-refractivity contribution in [1.29, 1.82) is 0 Å². The molecule has 0 saturated heterocycles. The van der Waals surface area contributed by atoms with Crippen LogP contribution >= 0.6 is 34.2 Å². The topological polar surface area (TPSA) is 32.3 Å². The summed E-state index contributed by atoms with van der Waals surface area (Å²) in [7, 11) is 2.00. The van der Waals surface area contributed by atoms with Crippen LogP contribution in [0.2, 0.25) is 5.02 Å². The van der Waals surface area contributed by atoms with Crippen LogP contribution in [0.25, 0.3) is 0 Å². The van der Waals surface area contributed by atoms with Crippen LogP contribution in [0.5, 0.6) is 0 Å². The largest absolute Gasteiger partial charge is 0.373 e. The molecule has 0 aliphatic carbocycles. The van der Waals surface area contributed by atoms with E-state index in [9.17, 15) is 4.79 Å². The molecule has 0 spiro atoms. The second kappa shape index (κ2) is 7.66. The van der Waals surface area contributed by atoms with Gasteiger partial charge in [-0.1, -0.05) is 29.8 Å². The van der Waals surface area contributed by atoms with Gasteiger partial charge >= 0.3 is 0 Å². The van der Waals surface area contributed by atoms with Crippen LogP contribution < -0.4 is 10.2 Å². The standard InChI is InChI=1S/C16H16ClIN2O/c1-20(13-5-3-2-4-6-13)10-9-19-16(21)14-11-12(17)7-8-15(14)18/h2-8,11H,9-10H2,1H3,(H,19,21). The SMILES string of the molecule is CN(CCNC(=O)c1cc(Cl)ccc1I)c1ccccc1. The molecule has 0 aliphatic heterocycles. The number of rotatable bonds is 5. The molecule has 0 bridgehead atoms. The van der Waals surface area contributed by atoms with Crippen molar-refractivity contribution in [2.45, 2.75) is 0 Å². The number of hydrogen-bond acceptors (Lipinski definition) is 2. The van der Waals surface area contributed by atoms with Crippen molar-refractivity contribution < 1.29 is 4.79 Å². The predicted molar refractivity (Wildman–Crippen MR) is 96.2 cm³/mol. The quantitative estimate of drug-likeness (QED) is 0.755. The Morgan fingerprint density at radius 2 is 1.95 bits per heavy atom. The van der Waals surface area contributed by atoms with Crippen molar-refractivity contribution in [3.8, 4) is 0 Å². The smallest absolute Gasteiger partial charge is 0.252 e. The van der Waals surface area contributed by atoms with Gasteiger partial charge in [0.2, 0.25) is 0 Å². The predicted octanol–water partition coefficient (Wildman–Crippen LogP) is 3.81. The first-order valence-corrected chi connectivity index (χ1v) is 8.03. The van der Waals surface area contributed by atoms with Crippen molar-refractivity contribution in [2.24, 2.45) is 0 Å². The number of carbonyl (C=O) groups is 1. The van der Waals surface area contributed by atoms with Crippen LogP contribution in [0.3, 0.4) is 0 Å². The molecular weight excluding hydrogens is 399 g/mol. The van der Waals surface area contributed by atoms with Gasteiger partial charge in [-0.3, -0.25) is 4.79 Å². The fourth-order valence-corrected chi connectivity index (χ4v) is 2.67. The molecule has 2 aromatic rings. The monoisotopic (exact) mass is 414 g/mol. The third kappa shape index (κ3) is 4.61. The maximum Gasteiger partial charge on any atom is 0.252 e. The van der Waals surface area contributed by atoms with Crippen molar-refractivity contribution >= 4 is 45.8 Å². The van der Waals surface area contributed by atoms with Gasteiger partial charge in [-0.15, -0.1) is 0 Å². The fourth-order valence-electron chi connectivity index (χ4n) is 1.92. The molecule has 0 aliphatic rings. The molecular formula is C16H16ClIN2O. The van der Waals surface area contributed by atoms with Crippen molar-refractivity contribution in [1.82, 2.24) is 5.32 Å². The van der Waals surface area contributed by atoms with Gasteiger partial charge in [0.1, 0.15) is 0 Å². The summed E-state index contributed by atoms with van der Waals surface area (Å²) in [6.07, 6.45) is 0. The molecule has 0 heterocycles. The molecule has 0 aromatic heterocycles. The van der Waals surface area contributed by atoms with E-state index < -0.39 is 0 Å². The Balaban J connectivity index is 1.88. The zero-order chi connectivity index (χ0) is 15.2. The summed E-state index contributed by atoms with van der Waals surface area (Å²) in [5.74, 6) is -0.0941. The third-order valence-electron chi connectivity index (χ3n) is 3.10. The minimum Gasteiger partial charge on any atom is -0.373 e. The normalized spacial score (nSPS) is 10.2. The highest BCUT2D eigenvalue weighted by molar-refractivity contribution is 14.1. The Kier molecular flexibility index (Phi) is 5.87. The minimum atomic E-state index is -0.0941. The van der Waals surface area contributed by atoms with Crippen LogP contribution in [-0.2, 0) is 0 Å². The molecule has 0 atom stereocenters. The summed E-state index contributed by atoms with van der Waals surface area (Å²) < 4.78 is 0.894. The average Bonchev–Trinajstić information content (AvgIpc) is 2.50. The molecule has 0 radical (unpaired) electrons. The van der Waals surface area contributed by atoms with E-state index in [0.717, 1.165) is 15.8 Å². The van der Waals surface area contributed by atoms with E-state index in [0.29, 0.717) is 17.1 Å². The first-order chi connectivity index (χ1) is 10.1. The minimum absolute atomic E-state index is 0.0941. The maximum atomic E-state index is 12.1. The zero-order valence-corrected chi connectivity index (χ0v) is 14.6. The lowest BCUT2D eigenvalue weighted by atomic mass is 10.2. The first-order valence-electron chi connectivity index (χ1n) is 6.57. The Bertz CT molecular complexity index is 619. The van der Waals surface area contributed by atoms with Gasteiger partial charge in [0.05, 0.1) is 5.56 Å². The lowest BCUT2D eigenvalue weighted by molar-refractivity contribution is 0.0954. The number of amides is 1. The number of nitrogens with one attached hydrogen (secondary N) is 1. The van der Waals surface area contributed by atoms with Gasteiger partial charge < -0.3 is 10.2 Å². The van der Waals surface area contributed by atoms with E-state index in [1.165, 1.54) is 0 Å². The lowest BCUT2D eigenvalue weighted by Gasteiger charge is -2.19. The molecule has 0 fully saturated rings. The third-order valence-corrected chi connectivity index (χ3v) is 4.28. The first kappa shape index (κ1) is 16.1. The summed E-state index contributed by atoms with van der Waals surface area (Å²) in [5.41, 5.74) is 1.74. The second-order valence-electron chi connectivity index (χ2n) is 4.64. The van der Waals surface area contributed by atoms with Crippen LogP contribution in [0.4, 0.5) is 5.69 Å². The van der Waals surface area contributed by atoms with Crippen molar-refractivity contribution in [3.63, 3.8) is 0 Å². The number of para-hydroxylation sites is 1. The van der Waals surface area contributed by atoms with Crippen LogP contribution in [0.1, 0.15) is 10.4 Å². The number of anilines is 1. The fraction of sp³-hybridized carbons (Fsp3) is 0.188. The number of halogens is 2. The Labute approximate surface area is 143 Å². The summed E-state index contributed by atoms with van der Waals surface area (Å²) in [6.45, 7) is 1.32. The summed E-state index contributed by atoms with van der Waals surface area (Å²) in [4.78, 5) is 14.2. The number of hydrogen-bond donors (Lipinski definition) is 1. The number of carbonyl (C=O) groups excluding carboxylic acids is 1. The van der Waals surface area contributed by atoms with Crippen LogP contribution in [-0.4, -0.2) is 26.0 Å². The molecule has 3 nitrogen and oxygen atoms in total.